The lowest BCUT2D eigenvalue weighted by Gasteiger charge is -2.11. The van der Waals surface area contributed by atoms with E-state index in [2.05, 4.69) is 46.9 Å². The molecule has 1 amide bonds. The number of sulfone groups is 1. The fraction of sp³-hybridized carbons (Fsp3) is 0.256. The van der Waals surface area contributed by atoms with Gasteiger partial charge in [0.2, 0.25) is 17.8 Å². The molecule has 0 unspecified atom stereocenters. The van der Waals surface area contributed by atoms with Crippen molar-refractivity contribution in [3.8, 4) is 22.5 Å². The van der Waals surface area contributed by atoms with Crippen molar-refractivity contribution in [1.82, 2.24) is 24.9 Å². The number of hydrogen-bond acceptors (Lipinski definition) is 12. The van der Waals surface area contributed by atoms with Crippen LogP contribution in [0.3, 0.4) is 0 Å². The van der Waals surface area contributed by atoms with Gasteiger partial charge in [0.1, 0.15) is 11.6 Å². The van der Waals surface area contributed by atoms with Crippen molar-refractivity contribution < 1.29 is 13.2 Å². The summed E-state index contributed by atoms with van der Waals surface area (Å²) in [5, 5.41) is 10.9. The van der Waals surface area contributed by atoms with Crippen LogP contribution in [0.5, 0.6) is 0 Å². The normalized spacial score (nSPS) is 11.0. The van der Waals surface area contributed by atoms with Crippen LogP contribution in [0, 0.1) is 20.8 Å². The summed E-state index contributed by atoms with van der Waals surface area (Å²) in [5.41, 5.74) is 21.1. The summed E-state index contributed by atoms with van der Waals surface area (Å²) >= 11 is 12.4. The summed E-state index contributed by atoms with van der Waals surface area (Å²) in [6, 6.07) is 24.5. The van der Waals surface area contributed by atoms with E-state index < -0.39 is 9.84 Å². The number of aromatic nitrogens is 5. The number of hydrogen-bond donors (Lipinski definition) is 5. The van der Waals surface area contributed by atoms with Gasteiger partial charge in [-0.3, -0.25) is 4.79 Å². The molecular formula is C43H48Cl2N10O3S. The third-order valence-corrected chi connectivity index (χ3v) is 11.1. The SMILES string of the molecule is CC(=O)Nc1ccc(CCCNc2cc(-c3cccc(Cl)c3C)nc(N)n2)cc1C.Cc1c(Cl)cccc1-c1cc(NCCCc2ccc(S(C)(=O)=O)nc2)nc(N)n1. The Morgan fingerprint density at radius 3 is 1.66 bits per heavy atom. The van der Waals surface area contributed by atoms with E-state index in [9.17, 15) is 13.2 Å². The van der Waals surface area contributed by atoms with Crippen LogP contribution in [0.4, 0.5) is 29.2 Å². The van der Waals surface area contributed by atoms with Gasteiger partial charge in [0.05, 0.1) is 11.4 Å². The summed E-state index contributed by atoms with van der Waals surface area (Å²) in [6.07, 6.45) is 6.15. The topological polar surface area (TPSA) is 204 Å². The van der Waals surface area contributed by atoms with Gasteiger partial charge in [-0.05, 0) is 98.5 Å². The fourth-order valence-corrected chi connectivity index (χ4v) is 7.07. The van der Waals surface area contributed by atoms with Crippen molar-refractivity contribution in [3.63, 3.8) is 0 Å². The van der Waals surface area contributed by atoms with Crippen molar-refractivity contribution in [2.24, 2.45) is 0 Å². The number of nitrogen functional groups attached to an aromatic ring is 2. The Morgan fingerprint density at radius 1 is 0.695 bits per heavy atom. The van der Waals surface area contributed by atoms with E-state index in [0.29, 0.717) is 33.9 Å². The van der Waals surface area contributed by atoms with Crippen molar-refractivity contribution in [2.75, 3.05) is 46.8 Å². The summed E-state index contributed by atoms with van der Waals surface area (Å²) in [7, 11) is -3.28. The highest BCUT2D eigenvalue weighted by molar-refractivity contribution is 7.90. The number of amides is 1. The van der Waals surface area contributed by atoms with Gasteiger partial charge in [0.25, 0.3) is 0 Å². The van der Waals surface area contributed by atoms with Gasteiger partial charge in [-0.15, -0.1) is 0 Å². The van der Waals surface area contributed by atoms with Crippen LogP contribution in [-0.4, -0.2) is 58.6 Å². The first-order valence-electron chi connectivity index (χ1n) is 18.9. The average molecular weight is 856 g/mol. The summed E-state index contributed by atoms with van der Waals surface area (Å²) in [4.78, 5) is 32.4. The number of aryl methyl sites for hydroxylation is 3. The number of rotatable bonds is 14. The molecule has 0 aliphatic rings. The Balaban J connectivity index is 0.000000224. The number of halogens is 2. The standard InChI is InChI=1S/C23H26ClN5O.C20H22ClN5O2S/c1-14-12-17(9-10-20(14)27-16(3)30)6-5-11-26-22-13-21(28-23(25)29-22)18-7-4-8-19(24)15(18)2;1-13-15(6-3-7-16(13)21)17-11-18(26-20(22)25-17)23-10-4-5-14-8-9-19(24-12-14)29(2,27)28/h4,7-10,12-13H,5-6,11H2,1-3H3,(H,27,30)(H3,25,26,28,29);3,6-9,11-12H,4-5,10H2,1-2H3,(H3,22,23,25,26). The molecule has 3 aromatic heterocycles. The second kappa shape index (κ2) is 20.2. The smallest absolute Gasteiger partial charge is 0.222 e. The van der Waals surface area contributed by atoms with Gasteiger partial charge in [-0.25, -0.2) is 23.4 Å². The van der Waals surface area contributed by atoms with E-state index in [0.717, 1.165) is 83.2 Å². The molecule has 0 saturated carbocycles. The molecule has 0 aliphatic carbocycles. The number of nitrogens with zero attached hydrogens (tertiary/aromatic N) is 5. The Kier molecular flexibility index (Phi) is 15.2. The quantitative estimate of drug-likeness (QED) is 0.0655. The average Bonchev–Trinajstić information content (AvgIpc) is 3.18. The van der Waals surface area contributed by atoms with Crippen LogP contribution in [0.25, 0.3) is 22.5 Å². The molecule has 308 valence electrons. The maximum Gasteiger partial charge on any atom is 0.222 e. The third-order valence-electron chi connectivity index (χ3n) is 9.25. The Labute approximate surface area is 355 Å². The van der Waals surface area contributed by atoms with E-state index in [1.54, 1.807) is 12.3 Å². The van der Waals surface area contributed by atoms with Gasteiger partial charge in [-0.1, -0.05) is 65.7 Å². The van der Waals surface area contributed by atoms with Gasteiger partial charge in [0, 0.05) is 71.5 Å². The van der Waals surface area contributed by atoms with Gasteiger partial charge < -0.3 is 27.4 Å². The van der Waals surface area contributed by atoms with Crippen LogP contribution in [0.1, 0.15) is 47.6 Å². The van der Waals surface area contributed by atoms with Crippen molar-refractivity contribution in [2.45, 2.75) is 58.4 Å². The summed E-state index contributed by atoms with van der Waals surface area (Å²) in [5.74, 6) is 1.67. The Hall–Kier alpha value is -5.83. The first kappa shape index (κ1) is 44.3. The first-order valence-corrected chi connectivity index (χ1v) is 21.5. The lowest BCUT2D eigenvalue weighted by Crippen LogP contribution is -2.08. The molecule has 0 radical (unpaired) electrons. The van der Waals surface area contributed by atoms with Crippen LogP contribution in [-0.2, 0) is 27.5 Å². The van der Waals surface area contributed by atoms with E-state index in [1.807, 2.05) is 81.4 Å². The Morgan fingerprint density at radius 2 is 1.20 bits per heavy atom. The molecule has 13 nitrogen and oxygen atoms in total. The minimum absolute atomic E-state index is 0.0634. The van der Waals surface area contributed by atoms with Crippen LogP contribution in [0.2, 0.25) is 10.0 Å². The highest BCUT2D eigenvalue weighted by Crippen LogP contribution is 2.30. The highest BCUT2D eigenvalue weighted by Gasteiger charge is 2.12. The number of anilines is 5. The molecule has 6 rings (SSSR count). The summed E-state index contributed by atoms with van der Waals surface area (Å²) < 4.78 is 22.9. The third kappa shape index (κ3) is 12.8. The largest absolute Gasteiger partial charge is 0.370 e. The molecule has 16 heteroatoms. The number of nitrogens with two attached hydrogens (primary N) is 2. The predicted octanol–water partition coefficient (Wildman–Crippen LogP) is 8.53. The molecule has 6 aromatic rings. The van der Waals surface area contributed by atoms with E-state index >= 15 is 0 Å². The van der Waals surface area contributed by atoms with E-state index in [-0.39, 0.29) is 22.8 Å². The van der Waals surface area contributed by atoms with Gasteiger partial charge in [-0.2, -0.15) is 9.97 Å². The fourth-order valence-electron chi connectivity index (χ4n) is 6.17. The predicted molar refractivity (Wildman–Crippen MR) is 240 cm³/mol. The van der Waals surface area contributed by atoms with Crippen LogP contribution >= 0.6 is 23.2 Å². The second-order valence-corrected chi connectivity index (χ2v) is 16.8. The zero-order valence-corrected chi connectivity index (χ0v) is 35.9. The molecule has 7 N–H and O–H groups in total. The molecular weight excluding hydrogens is 808 g/mol. The lowest BCUT2D eigenvalue weighted by atomic mass is 10.0. The number of carbonyl (C=O) groups excluding carboxylic acids is 1. The minimum atomic E-state index is -3.28. The number of pyridine rings is 1. The number of carbonyl (C=O) groups is 1. The monoisotopic (exact) mass is 854 g/mol. The highest BCUT2D eigenvalue weighted by atomic mass is 35.5. The second-order valence-electron chi connectivity index (χ2n) is 14.0. The molecule has 0 aliphatic heterocycles. The number of nitrogens with one attached hydrogen (secondary N) is 3. The zero-order chi connectivity index (χ0) is 42.7. The minimum Gasteiger partial charge on any atom is -0.370 e. The molecule has 0 atom stereocenters. The maximum atomic E-state index is 11.5. The molecule has 0 spiro atoms. The molecule has 3 heterocycles. The molecule has 3 aromatic carbocycles. The van der Waals surface area contributed by atoms with Gasteiger partial charge in [0.15, 0.2) is 14.9 Å². The van der Waals surface area contributed by atoms with Crippen molar-refractivity contribution >= 4 is 68.2 Å². The van der Waals surface area contributed by atoms with Gasteiger partial charge >= 0.3 is 0 Å². The zero-order valence-electron chi connectivity index (χ0n) is 33.6. The molecule has 0 bridgehead atoms. The summed E-state index contributed by atoms with van der Waals surface area (Å²) in [6.45, 7) is 8.82. The molecule has 0 saturated heterocycles. The van der Waals surface area contributed by atoms with E-state index in [1.165, 1.54) is 18.6 Å². The van der Waals surface area contributed by atoms with Crippen molar-refractivity contribution in [3.05, 3.63) is 123 Å². The molecule has 59 heavy (non-hydrogen) atoms. The lowest BCUT2D eigenvalue weighted by molar-refractivity contribution is -0.114. The first-order chi connectivity index (χ1) is 28.1. The Bertz CT molecular complexity index is 2540. The molecule has 0 fully saturated rings. The van der Waals surface area contributed by atoms with Crippen LogP contribution < -0.4 is 27.4 Å². The van der Waals surface area contributed by atoms with Crippen molar-refractivity contribution in [1.29, 1.82) is 0 Å². The van der Waals surface area contributed by atoms with Crippen LogP contribution in [0.15, 0.2) is 90.1 Å². The number of benzene rings is 3. The maximum absolute atomic E-state index is 11.5. The van der Waals surface area contributed by atoms with E-state index in [4.69, 9.17) is 34.7 Å².